The van der Waals surface area contributed by atoms with Gasteiger partial charge in [0.05, 0.1) is 5.75 Å². The lowest BCUT2D eigenvalue weighted by Crippen LogP contribution is -2.14. The van der Waals surface area contributed by atoms with Crippen molar-refractivity contribution < 1.29 is 4.79 Å². The van der Waals surface area contributed by atoms with E-state index in [2.05, 4.69) is 28.5 Å². The number of nitrogens with zero attached hydrogens (tertiary/aromatic N) is 2. The maximum atomic E-state index is 12.0. The first kappa shape index (κ1) is 16.3. The Kier molecular flexibility index (Phi) is 6.08. The van der Waals surface area contributed by atoms with Crippen LogP contribution in [-0.4, -0.2) is 27.6 Å². The van der Waals surface area contributed by atoms with Gasteiger partial charge >= 0.3 is 0 Å². The van der Waals surface area contributed by atoms with E-state index in [4.69, 9.17) is 0 Å². The third-order valence-electron chi connectivity index (χ3n) is 2.49. The number of anilines is 1. The monoisotopic (exact) mass is 339 g/mol. The molecular formula is C14H17N3OS3. The first-order valence-corrected chi connectivity index (χ1v) is 9.33. The summed E-state index contributed by atoms with van der Waals surface area (Å²) >= 11 is 4.62. The van der Waals surface area contributed by atoms with Crippen LogP contribution in [0.2, 0.25) is 0 Å². The Morgan fingerprint density at radius 1 is 1.14 bits per heavy atom. The van der Waals surface area contributed by atoms with E-state index in [0.29, 0.717) is 5.75 Å². The maximum Gasteiger partial charge on any atom is 0.234 e. The minimum absolute atomic E-state index is 0.0232. The average Bonchev–Trinajstić information content (AvgIpc) is 2.83. The fourth-order valence-corrected chi connectivity index (χ4v) is 4.53. The Balaban J connectivity index is 1.86. The van der Waals surface area contributed by atoms with Gasteiger partial charge in [-0.3, -0.25) is 4.79 Å². The van der Waals surface area contributed by atoms with Crippen molar-refractivity contribution in [2.24, 2.45) is 0 Å². The Hall–Kier alpha value is -1.05. The predicted molar refractivity (Wildman–Crippen MR) is 91.6 cm³/mol. The molecule has 0 aliphatic heterocycles. The van der Waals surface area contributed by atoms with E-state index in [9.17, 15) is 4.79 Å². The van der Waals surface area contributed by atoms with Gasteiger partial charge in [0.1, 0.15) is 0 Å². The molecule has 1 amide bonds. The van der Waals surface area contributed by atoms with Gasteiger partial charge < -0.3 is 5.32 Å². The molecule has 0 aliphatic carbocycles. The number of amides is 1. The Bertz CT molecular complexity index is 607. The molecule has 0 saturated carbocycles. The predicted octanol–water partition coefficient (Wildman–Crippen LogP) is 4.00. The first-order valence-electron chi connectivity index (χ1n) is 6.54. The lowest BCUT2D eigenvalue weighted by Gasteiger charge is -2.06. The maximum absolute atomic E-state index is 12.0. The van der Waals surface area contributed by atoms with Crippen LogP contribution >= 0.6 is 34.9 Å². The molecule has 7 heteroatoms. The molecule has 1 aromatic heterocycles. The average molecular weight is 340 g/mol. The van der Waals surface area contributed by atoms with Crippen LogP contribution in [0.3, 0.4) is 0 Å². The number of carbonyl (C=O) groups is 1. The number of aryl methyl sites for hydroxylation is 2. The van der Waals surface area contributed by atoms with Crippen LogP contribution in [0, 0.1) is 13.8 Å². The number of carbonyl (C=O) groups excluding carboxylic acids is 1. The fourth-order valence-electron chi connectivity index (χ4n) is 1.81. The van der Waals surface area contributed by atoms with Gasteiger partial charge in [-0.15, -0.1) is 10.2 Å². The molecule has 112 valence electrons. The molecule has 0 spiro atoms. The zero-order chi connectivity index (χ0) is 15.2. The third-order valence-corrected chi connectivity index (χ3v) is 5.56. The second kappa shape index (κ2) is 7.82. The molecule has 0 atom stereocenters. The zero-order valence-electron chi connectivity index (χ0n) is 12.2. The number of nitrogens with one attached hydrogen (secondary N) is 1. The highest BCUT2D eigenvalue weighted by Gasteiger charge is 2.08. The van der Waals surface area contributed by atoms with Crippen molar-refractivity contribution in [1.82, 2.24) is 10.2 Å². The summed E-state index contributed by atoms with van der Waals surface area (Å²) in [6, 6.07) is 6.02. The summed E-state index contributed by atoms with van der Waals surface area (Å²) in [6.45, 7) is 6.12. The molecule has 2 aromatic rings. The highest BCUT2D eigenvalue weighted by atomic mass is 32.2. The smallest absolute Gasteiger partial charge is 0.234 e. The fraction of sp³-hybridized carbons (Fsp3) is 0.357. The van der Waals surface area contributed by atoms with Crippen LogP contribution < -0.4 is 5.32 Å². The minimum Gasteiger partial charge on any atom is -0.325 e. The summed E-state index contributed by atoms with van der Waals surface area (Å²) in [5.41, 5.74) is 3.13. The van der Waals surface area contributed by atoms with Crippen LogP contribution in [0.25, 0.3) is 0 Å². The van der Waals surface area contributed by atoms with Gasteiger partial charge in [0.15, 0.2) is 8.68 Å². The lowest BCUT2D eigenvalue weighted by molar-refractivity contribution is -0.113. The van der Waals surface area contributed by atoms with Gasteiger partial charge in [-0.05, 0) is 42.9 Å². The van der Waals surface area contributed by atoms with Crippen molar-refractivity contribution in [1.29, 1.82) is 0 Å². The second-order valence-corrected chi connectivity index (χ2v) is 8.19. The third kappa shape index (κ3) is 5.33. The minimum atomic E-state index is -0.0232. The van der Waals surface area contributed by atoms with E-state index in [0.717, 1.165) is 31.2 Å². The molecule has 0 bridgehead atoms. The second-order valence-electron chi connectivity index (χ2n) is 4.48. The van der Waals surface area contributed by atoms with Gasteiger partial charge in [-0.1, -0.05) is 47.9 Å². The standard InChI is InChI=1S/C14H17N3OS3/c1-4-19-13-16-17-14(21-13)20-8-12(18)15-11-6-9(2)5-10(3)7-11/h5-7H,4,8H2,1-3H3,(H,15,18). The number of hydrogen-bond acceptors (Lipinski definition) is 6. The van der Waals surface area contributed by atoms with E-state index in [1.807, 2.05) is 26.0 Å². The summed E-state index contributed by atoms with van der Waals surface area (Å²) in [7, 11) is 0. The summed E-state index contributed by atoms with van der Waals surface area (Å²) in [5.74, 6) is 1.30. The number of hydrogen-bond donors (Lipinski definition) is 1. The van der Waals surface area contributed by atoms with Crippen molar-refractivity contribution >= 4 is 46.5 Å². The molecule has 0 radical (unpaired) electrons. The topological polar surface area (TPSA) is 54.9 Å². The highest BCUT2D eigenvalue weighted by Crippen LogP contribution is 2.28. The molecule has 0 fully saturated rings. The molecule has 1 N–H and O–H groups in total. The quantitative estimate of drug-likeness (QED) is 0.806. The highest BCUT2D eigenvalue weighted by molar-refractivity contribution is 8.03. The summed E-state index contributed by atoms with van der Waals surface area (Å²) in [4.78, 5) is 12.0. The molecule has 0 saturated heterocycles. The molecule has 1 aromatic carbocycles. The van der Waals surface area contributed by atoms with Gasteiger partial charge in [0.2, 0.25) is 5.91 Å². The van der Waals surface area contributed by atoms with Gasteiger partial charge in [0.25, 0.3) is 0 Å². The zero-order valence-corrected chi connectivity index (χ0v) is 14.6. The number of thioether (sulfide) groups is 2. The van der Waals surface area contributed by atoms with E-state index >= 15 is 0 Å². The molecule has 21 heavy (non-hydrogen) atoms. The summed E-state index contributed by atoms with van der Waals surface area (Å²) in [6.07, 6.45) is 0. The van der Waals surface area contributed by atoms with Crippen LogP contribution in [-0.2, 0) is 4.79 Å². The molecule has 1 heterocycles. The molecule has 0 aliphatic rings. The van der Waals surface area contributed by atoms with Crippen LogP contribution in [0.15, 0.2) is 26.9 Å². The lowest BCUT2D eigenvalue weighted by atomic mass is 10.1. The van der Waals surface area contributed by atoms with Gasteiger partial charge in [-0.2, -0.15) is 0 Å². The van der Waals surface area contributed by atoms with E-state index < -0.39 is 0 Å². The van der Waals surface area contributed by atoms with Crippen molar-refractivity contribution in [3.8, 4) is 0 Å². The Morgan fingerprint density at radius 2 is 1.76 bits per heavy atom. The summed E-state index contributed by atoms with van der Waals surface area (Å²) < 4.78 is 1.79. The van der Waals surface area contributed by atoms with Crippen molar-refractivity contribution in [2.75, 3.05) is 16.8 Å². The number of rotatable bonds is 6. The van der Waals surface area contributed by atoms with E-state index in [1.54, 1.807) is 11.8 Å². The largest absolute Gasteiger partial charge is 0.325 e. The molecule has 2 rings (SSSR count). The number of aromatic nitrogens is 2. The Labute approximate surface area is 137 Å². The van der Waals surface area contributed by atoms with E-state index in [-0.39, 0.29) is 5.91 Å². The van der Waals surface area contributed by atoms with Crippen molar-refractivity contribution in [3.63, 3.8) is 0 Å². The molecular weight excluding hydrogens is 322 g/mol. The van der Waals surface area contributed by atoms with Gasteiger partial charge in [-0.25, -0.2) is 0 Å². The SMILES string of the molecule is CCSc1nnc(SCC(=O)Nc2cc(C)cc(C)c2)s1. The van der Waals surface area contributed by atoms with Crippen LogP contribution in [0.4, 0.5) is 5.69 Å². The first-order chi connectivity index (χ1) is 10.1. The van der Waals surface area contributed by atoms with Crippen LogP contribution in [0.1, 0.15) is 18.1 Å². The molecule has 4 nitrogen and oxygen atoms in total. The van der Waals surface area contributed by atoms with Crippen LogP contribution in [0.5, 0.6) is 0 Å². The van der Waals surface area contributed by atoms with Gasteiger partial charge in [0, 0.05) is 5.69 Å². The summed E-state index contributed by atoms with van der Waals surface area (Å²) in [5, 5.41) is 11.1. The van der Waals surface area contributed by atoms with Crippen molar-refractivity contribution in [2.45, 2.75) is 29.5 Å². The van der Waals surface area contributed by atoms with E-state index in [1.165, 1.54) is 23.1 Å². The molecule has 0 unspecified atom stereocenters. The Morgan fingerprint density at radius 3 is 2.38 bits per heavy atom. The normalized spacial score (nSPS) is 10.6. The number of benzene rings is 1. The van der Waals surface area contributed by atoms with Crippen molar-refractivity contribution in [3.05, 3.63) is 29.3 Å².